The van der Waals surface area contributed by atoms with E-state index in [9.17, 15) is 4.79 Å². The summed E-state index contributed by atoms with van der Waals surface area (Å²) < 4.78 is 0. The van der Waals surface area contributed by atoms with Crippen molar-refractivity contribution in [1.82, 2.24) is 4.90 Å². The van der Waals surface area contributed by atoms with Crippen LogP contribution in [0.3, 0.4) is 0 Å². The van der Waals surface area contributed by atoms with E-state index in [0.29, 0.717) is 11.8 Å². The van der Waals surface area contributed by atoms with Crippen molar-refractivity contribution < 1.29 is 4.79 Å². The highest BCUT2D eigenvalue weighted by molar-refractivity contribution is 5.85. The van der Waals surface area contributed by atoms with Crippen molar-refractivity contribution in [3.05, 3.63) is 35.4 Å². The van der Waals surface area contributed by atoms with Crippen molar-refractivity contribution in [3.63, 3.8) is 0 Å². The number of carbonyl (C=O) groups excluding carboxylic acids is 1. The van der Waals surface area contributed by atoms with Gasteiger partial charge in [-0.3, -0.25) is 4.79 Å². The Morgan fingerprint density at radius 1 is 1.26 bits per heavy atom. The van der Waals surface area contributed by atoms with Crippen LogP contribution in [0.1, 0.15) is 56.1 Å². The van der Waals surface area contributed by atoms with E-state index in [1.54, 1.807) is 0 Å². The highest BCUT2D eigenvalue weighted by atomic mass is 35.5. The molecule has 0 aromatic heterocycles. The number of rotatable bonds is 2. The number of likely N-dealkylation sites (tertiary alicyclic amines) is 1. The SMILES string of the molecule is Cc1ccccc1C1CCN(C(=O)C2CCCCC2(C)N)C1.Cl. The van der Waals surface area contributed by atoms with Crippen LogP contribution in [-0.2, 0) is 4.79 Å². The number of nitrogens with two attached hydrogens (primary N) is 1. The standard InChI is InChI=1S/C19H28N2O.ClH/c1-14-7-3-4-8-16(14)15-10-12-21(13-15)18(22)17-9-5-6-11-19(17,2)20;/h3-4,7-8,15,17H,5-6,9-13,20H2,1-2H3;1H. The fraction of sp³-hybridized carbons (Fsp3) is 0.632. The Kier molecular flexibility index (Phi) is 5.74. The monoisotopic (exact) mass is 336 g/mol. The largest absolute Gasteiger partial charge is 0.342 e. The lowest BCUT2D eigenvalue weighted by molar-refractivity contribution is -0.137. The quantitative estimate of drug-likeness (QED) is 0.896. The summed E-state index contributed by atoms with van der Waals surface area (Å²) in [5, 5.41) is 0. The van der Waals surface area contributed by atoms with Gasteiger partial charge in [-0.05, 0) is 44.2 Å². The molecule has 3 nitrogen and oxygen atoms in total. The van der Waals surface area contributed by atoms with Gasteiger partial charge in [-0.2, -0.15) is 0 Å². The third kappa shape index (κ3) is 3.72. The molecule has 3 rings (SSSR count). The number of aryl methyl sites for hydroxylation is 1. The Morgan fingerprint density at radius 2 is 2.00 bits per heavy atom. The summed E-state index contributed by atoms with van der Waals surface area (Å²) in [6, 6.07) is 8.56. The minimum atomic E-state index is -0.323. The Balaban J connectivity index is 0.00000192. The maximum atomic E-state index is 12.9. The first-order valence-electron chi connectivity index (χ1n) is 8.62. The topological polar surface area (TPSA) is 46.3 Å². The molecule has 0 bridgehead atoms. The third-order valence-corrected chi connectivity index (χ3v) is 5.68. The van der Waals surface area contributed by atoms with E-state index < -0.39 is 0 Å². The van der Waals surface area contributed by atoms with Crippen molar-refractivity contribution in [2.45, 2.75) is 57.4 Å². The summed E-state index contributed by atoms with van der Waals surface area (Å²) in [5.41, 5.74) is 8.83. The van der Waals surface area contributed by atoms with E-state index in [-0.39, 0.29) is 23.9 Å². The van der Waals surface area contributed by atoms with Crippen molar-refractivity contribution in [2.75, 3.05) is 13.1 Å². The first-order chi connectivity index (χ1) is 10.5. The minimum absolute atomic E-state index is 0. The zero-order chi connectivity index (χ0) is 15.7. The fourth-order valence-electron chi connectivity index (χ4n) is 4.24. The average Bonchev–Trinajstić information content (AvgIpc) is 2.96. The zero-order valence-electron chi connectivity index (χ0n) is 14.3. The molecule has 2 fully saturated rings. The second-order valence-electron chi connectivity index (χ2n) is 7.43. The maximum Gasteiger partial charge on any atom is 0.227 e. The Hall–Kier alpha value is -1.06. The molecule has 2 N–H and O–H groups in total. The molecule has 3 atom stereocenters. The molecule has 1 saturated carbocycles. The molecule has 1 aromatic rings. The van der Waals surface area contributed by atoms with Gasteiger partial charge in [0.05, 0.1) is 5.92 Å². The number of halogens is 1. The van der Waals surface area contributed by atoms with Gasteiger partial charge >= 0.3 is 0 Å². The molecule has 3 unspecified atom stereocenters. The summed E-state index contributed by atoms with van der Waals surface area (Å²) in [4.78, 5) is 15.0. The van der Waals surface area contributed by atoms with Gasteiger partial charge in [0.1, 0.15) is 0 Å². The summed E-state index contributed by atoms with van der Waals surface area (Å²) in [6.45, 7) is 5.96. The lowest BCUT2D eigenvalue weighted by Gasteiger charge is -2.39. The summed E-state index contributed by atoms with van der Waals surface area (Å²) in [5.74, 6) is 0.787. The first-order valence-corrected chi connectivity index (χ1v) is 8.62. The Morgan fingerprint density at radius 3 is 2.70 bits per heavy atom. The Labute approximate surface area is 146 Å². The third-order valence-electron chi connectivity index (χ3n) is 5.68. The average molecular weight is 337 g/mol. The van der Waals surface area contributed by atoms with Crippen LogP contribution in [0.4, 0.5) is 0 Å². The Bertz CT molecular complexity index is 558. The predicted octanol–water partition coefficient (Wildman–Crippen LogP) is 3.64. The molecule has 23 heavy (non-hydrogen) atoms. The van der Waals surface area contributed by atoms with Crippen molar-refractivity contribution in [1.29, 1.82) is 0 Å². The summed E-state index contributed by atoms with van der Waals surface area (Å²) in [6.07, 6.45) is 5.29. The van der Waals surface area contributed by atoms with Gasteiger partial charge in [0.2, 0.25) is 5.91 Å². The van der Waals surface area contributed by atoms with Crippen molar-refractivity contribution in [3.8, 4) is 0 Å². The molecular formula is C19H29ClN2O. The van der Waals surface area contributed by atoms with Gasteiger partial charge in [-0.25, -0.2) is 0 Å². The molecule has 128 valence electrons. The van der Waals surface area contributed by atoms with E-state index in [1.165, 1.54) is 11.1 Å². The van der Waals surface area contributed by atoms with E-state index in [0.717, 1.165) is 45.2 Å². The number of amides is 1. The van der Waals surface area contributed by atoms with Crippen LogP contribution in [0.15, 0.2) is 24.3 Å². The zero-order valence-corrected chi connectivity index (χ0v) is 15.1. The van der Waals surface area contributed by atoms with E-state index >= 15 is 0 Å². The summed E-state index contributed by atoms with van der Waals surface area (Å²) in [7, 11) is 0. The predicted molar refractivity (Wildman–Crippen MR) is 96.9 cm³/mol. The van der Waals surface area contributed by atoms with Crippen LogP contribution in [-0.4, -0.2) is 29.4 Å². The molecule has 2 aliphatic rings. The van der Waals surface area contributed by atoms with Crippen LogP contribution in [0, 0.1) is 12.8 Å². The molecule has 4 heteroatoms. The summed E-state index contributed by atoms with van der Waals surface area (Å²) >= 11 is 0. The number of benzene rings is 1. The molecule has 1 saturated heterocycles. The lowest BCUT2D eigenvalue weighted by Crippen LogP contribution is -2.53. The van der Waals surface area contributed by atoms with Gasteiger partial charge in [0.15, 0.2) is 0 Å². The second-order valence-corrected chi connectivity index (χ2v) is 7.43. The molecule has 1 amide bonds. The number of carbonyl (C=O) groups is 1. The minimum Gasteiger partial charge on any atom is -0.342 e. The van der Waals surface area contributed by atoms with Crippen molar-refractivity contribution in [2.24, 2.45) is 11.7 Å². The van der Waals surface area contributed by atoms with Gasteiger partial charge in [0, 0.05) is 24.5 Å². The van der Waals surface area contributed by atoms with Gasteiger partial charge < -0.3 is 10.6 Å². The number of hydrogen-bond acceptors (Lipinski definition) is 2. The van der Waals surface area contributed by atoms with E-state index in [2.05, 4.69) is 43.0 Å². The van der Waals surface area contributed by atoms with Crippen molar-refractivity contribution >= 4 is 18.3 Å². The highest BCUT2D eigenvalue weighted by Gasteiger charge is 2.41. The molecular weight excluding hydrogens is 308 g/mol. The van der Waals surface area contributed by atoms with E-state index in [4.69, 9.17) is 5.73 Å². The fourth-order valence-corrected chi connectivity index (χ4v) is 4.24. The lowest BCUT2D eigenvalue weighted by atomic mass is 9.74. The first kappa shape index (κ1) is 18.3. The van der Waals surface area contributed by atoms with E-state index in [1.807, 2.05) is 0 Å². The van der Waals surface area contributed by atoms with Crippen LogP contribution < -0.4 is 5.73 Å². The van der Waals surface area contributed by atoms with Crippen LogP contribution >= 0.6 is 12.4 Å². The van der Waals surface area contributed by atoms with Gasteiger partial charge in [0.25, 0.3) is 0 Å². The molecule has 0 spiro atoms. The smallest absolute Gasteiger partial charge is 0.227 e. The second kappa shape index (κ2) is 7.23. The number of hydrogen-bond donors (Lipinski definition) is 1. The van der Waals surface area contributed by atoms with Gasteiger partial charge in [-0.15, -0.1) is 12.4 Å². The molecule has 1 aliphatic carbocycles. The maximum absolute atomic E-state index is 12.9. The molecule has 0 radical (unpaired) electrons. The van der Waals surface area contributed by atoms with Crippen LogP contribution in [0.2, 0.25) is 0 Å². The highest BCUT2D eigenvalue weighted by Crippen LogP contribution is 2.36. The molecule has 1 aromatic carbocycles. The molecule has 1 aliphatic heterocycles. The normalized spacial score (nSPS) is 30.8. The van der Waals surface area contributed by atoms with Crippen LogP contribution in [0.25, 0.3) is 0 Å². The van der Waals surface area contributed by atoms with Gasteiger partial charge in [-0.1, -0.05) is 37.1 Å². The number of nitrogens with zero attached hydrogens (tertiary/aromatic N) is 1. The van der Waals surface area contributed by atoms with Crippen LogP contribution in [0.5, 0.6) is 0 Å². The molecule has 1 heterocycles.